The van der Waals surface area contributed by atoms with E-state index in [1.54, 1.807) is 0 Å². The molecule has 0 aliphatic rings. The number of hydrogen-bond acceptors (Lipinski definition) is 2. The molecule has 116 valence electrons. The summed E-state index contributed by atoms with van der Waals surface area (Å²) in [5.41, 5.74) is 0. The van der Waals surface area contributed by atoms with Crippen LogP contribution < -0.4 is 4.72 Å². The molecule has 0 saturated heterocycles. The maximum absolute atomic E-state index is 12.0. The molecule has 0 aliphatic carbocycles. The van der Waals surface area contributed by atoms with Crippen molar-refractivity contribution >= 4 is 10.0 Å². The highest BCUT2D eigenvalue weighted by Crippen LogP contribution is 2.10. The second kappa shape index (κ2) is 11.6. The SMILES string of the molecule is CCCCCCCCCCCCNS(=O)(=O)C(F)F. The van der Waals surface area contributed by atoms with Gasteiger partial charge in [-0.15, -0.1) is 0 Å². The Kier molecular flexibility index (Phi) is 11.4. The van der Waals surface area contributed by atoms with Gasteiger partial charge in [0.15, 0.2) is 0 Å². The summed E-state index contributed by atoms with van der Waals surface area (Å²) in [5.74, 6) is -3.32. The van der Waals surface area contributed by atoms with Gasteiger partial charge in [0.1, 0.15) is 0 Å². The lowest BCUT2D eigenvalue weighted by Gasteiger charge is -2.05. The van der Waals surface area contributed by atoms with Crippen LogP contribution in [0.15, 0.2) is 0 Å². The van der Waals surface area contributed by atoms with Gasteiger partial charge in [0.25, 0.3) is 10.0 Å². The Morgan fingerprint density at radius 1 is 0.842 bits per heavy atom. The zero-order chi connectivity index (χ0) is 14.6. The van der Waals surface area contributed by atoms with Crippen molar-refractivity contribution in [3.05, 3.63) is 0 Å². The van der Waals surface area contributed by atoms with Gasteiger partial charge in [0.05, 0.1) is 0 Å². The number of sulfonamides is 1. The van der Waals surface area contributed by atoms with Crippen LogP contribution in [0.1, 0.15) is 71.1 Å². The molecule has 6 heteroatoms. The molecule has 0 saturated carbocycles. The van der Waals surface area contributed by atoms with E-state index in [0.717, 1.165) is 19.3 Å². The minimum atomic E-state index is -4.39. The van der Waals surface area contributed by atoms with E-state index in [1.807, 2.05) is 4.72 Å². The van der Waals surface area contributed by atoms with Crippen molar-refractivity contribution in [3.8, 4) is 0 Å². The fourth-order valence-corrected chi connectivity index (χ4v) is 2.44. The summed E-state index contributed by atoms with van der Waals surface area (Å²) in [4.78, 5) is 0. The lowest BCUT2D eigenvalue weighted by Crippen LogP contribution is -2.30. The molecule has 0 bridgehead atoms. The summed E-state index contributed by atoms with van der Waals surface area (Å²) in [7, 11) is -4.39. The van der Waals surface area contributed by atoms with Gasteiger partial charge in [0.2, 0.25) is 0 Å². The molecule has 3 nitrogen and oxygen atoms in total. The molecule has 0 rings (SSSR count). The molecule has 0 atom stereocenters. The third kappa shape index (κ3) is 11.3. The first-order valence-corrected chi connectivity index (χ1v) is 8.82. The Bertz CT molecular complexity index is 295. The molecule has 0 amide bonds. The fraction of sp³-hybridized carbons (Fsp3) is 1.00. The van der Waals surface area contributed by atoms with Crippen LogP contribution in [0.2, 0.25) is 0 Å². The highest BCUT2D eigenvalue weighted by Gasteiger charge is 2.22. The highest BCUT2D eigenvalue weighted by molar-refractivity contribution is 7.89. The Hall–Kier alpha value is -0.230. The average molecular weight is 299 g/mol. The average Bonchev–Trinajstić information content (AvgIpc) is 2.35. The molecule has 19 heavy (non-hydrogen) atoms. The van der Waals surface area contributed by atoms with Gasteiger partial charge >= 0.3 is 5.76 Å². The number of hydrogen-bond donors (Lipinski definition) is 1. The number of rotatable bonds is 13. The number of halogens is 2. The standard InChI is InChI=1S/C13H27F2NO2S/c1-2-3-4-5-6-7-8-9-10-11-12-16-19(17,18)13(14)15/h13,16H,2-12H2,1H3. The van der Waals surface area contributed by atoms with Crippen molar-refractivity contribution in [2.45, 2.75) is 76.9 Å². The second-order valence-electron chi connectivity index (χ2n) is 4.88. The lowest BCUT2D eigenvalue weighted by molar-refractivity contribution is 0.232. The highest BCUT2D eigenvalue weighted by atomic mass is 32.2. The van der Waals surface area contributed by atoms with Gasteiger partial charge in [-0.2, -0.15) is 8.78 Å². The normalized spacial score (nSPS) is 12.2. The molecule has 0 unspecified atom stereocenters. The topological polar surface area (TPSA) is 46.2 Å². The van der Waals surface area contributed by atoms with E-state index in [0.29, 0.717) is 6.42 Å². The number of nitrogens with one attached hydrogen (secondary N) is 1. The summed E-state index contributed by atoms with van der Waals surface area (Å²) in [5, 5.41) is 0. The molecule has 0 aliphatic heterocycles. The van der Waals surface area contributed by atoms with Crippen LogP contribution >= 0.6 is 0 Å². The molecule has 0 aromatic rings. The summed E-state index contributed by atoms with van der Waals surface area (Å²) < 4.78 is 47.3. The first-order valence-electron chi connectivity index (χ1n) is 7.27. The third-order valence-electron chi connectivity index (χ3n) is 3.07. The van der Waals surface area contributed by atoms with Crippen LogP contribution in [0.5, 0.6) is 0 Å². The van der Waals surface area contributed by atoms with Crippen molar-refractivity contribution in [2.24, 2.45) is 0 Å². The molecule has 0 fully saturated rings. The van der Waals surface area contributed by atoms with Crippen molar-refractivity contribution < 1.29 is 17.2 Å². The maximum atomic E-state index is 12.0. The van der Waals surface area contributed by atoms with Gasteiger partial charge in [0, 0.05) is 6.54 Å². The molecule has 0 aromatic carbocycles. The first-order chi connectivity index (χ1) is 9.00. The van der Waals surface area contributed by atoms with E-state index in [1.165, 1.54) is 38.5 Å². The fourth-order valence-electron chi connectivity index (χ4n) is 1.89. The van der Waals surface area contributed by atoms with Crippen LogP contribution in [0.4, 0.5) is 8.78 Å². The predicted molar refractivity (Wildman–Crippen MR) is 74.8 cm³/mol. The quantitative estimate of drug-likeness (QED) is 0.521. The van der Waals surface area contributed by atoms with Gasteiger partial charge in [-0.1, -0.05) is 64.7 Å². The van der Waals surface area contributed by atoms with Crippen LogP contribution in [0, 0.1) is 0 Å². The van der Waals surface area contributed by atoms with E-state index in [4.69, 9.17) is 0 Å². The van der Waals surface area contributed by atoms with Crippen LogP contribution in [0.25, 0.3) is 0 Å². The Morgan fingerprint density at radius 2 is 1.26 bits per heavy atom. The van der Waals surface area contributed by atoms with Gasteiger partial charge < -0.3 is 0 Å². The molecule has 0 spiro atoms. The number of alkyl halides is 2. The summed E-state index contributed by atoms with van der Waals surface area (Å²) >= 11 is 0. The molecule has 0 aromatic heterocycles. The van der Waals surface area contributed by atoms with Crippen LogP contribution in [0.3, 0.4) is 0 Å². The summed E-state index contributed by atoms with van der Waals surface area (Å²) in [6.45, 7) is 2.31. The largest absolute Gasteiger partial charge is 0.350 e. The van der Waals surface area contributed by atoms with Crippen molar-refractivity contribution in [2.75, 3.05) is 6.54 Å². The monoisotopic (exact) mass is 299 g/mol. The Balaban J connectivity index is 3.24. The minimum absolute atomic E-state index is 0.114. The van der Waals surface area contributed by atoms with E-state index >= 15 is 0 Å². The smallest absolute Gasteiger partial charge is 0.210 e. The number of unbranched alkanes of at least 4 members (excludes halogenated alkanes) is 9. The van der Waals surface area contributed by atoms with E-state index in [-0.39, 0.29) is 6.54 Å². The molecule has 0 heterocycles. The van der Waals surface area contributed by atoms with Crippen molar-refractivity contribution in [1.29, 1.82) is 0 Å². The van der Waals surface area contributed by atoms with E-state index in [2.05, 4.69) is 6.92 Å². The van der Waals surface area contributed by atoms with E-state index < -0.39 is 15.8 Å². The van der Waals surface area contributed by atoms with Crippen LogP contribution in [-0.2, 0) is 10.0 Å². The van der Waals surface area contributed by atoms with Crippen molar-refractivity contribution in [3.63, 3.8) is 0 Å². The maximum Gasteiger partial charge on any atom is 0.350 e. The molecular formula is C13H27F2NO2S. The Morgan fingerprint density at radius 3 is 1.68 bits per heavy atom. The van der Waals surface area contributed by atoms with Gasteiger partial charge in [-0.25, -0.2) is 13.1 Å². The molecule has 0 radical (unpaired) electrons. The van der Waals surface area contributed by atoms with Crippen molar-refractivity contribution in [1.82, 2.24) is 4.72 Å². The summed E-state index contributed by atoms with van der Waals surface area (Å²) in [6, 6.07) is 0. The van der Waals surface area contributed by atoms with Crippen LogP contribution in [-0.4, -0.2) is 20.7 Å². The molecular weight excluding hydrogens is 272 g/mol. The molecule has 1 N–H and O–H groups in total. The minimum Gasteiger partial charge on any atom is -0.210 e. The van der Waals surface area contributed by atoms with Gasteiger partial charge in [-0.05, 0) is 6.42 Å². The first kappa shape index (κ1) is 18.8. The van der Waals surface area contributed by atoms with E-state index in [9.17, 15) is 17.2 Å². The lowest BCUT2D eigenvalue weighted by atomic mass is 10.1. The predicted octanol–water partition coefficient (Wildman–Crippen LogP) is 4.05. The summed E-state index contributed by atoms with van der Waals surface area (Å²) in [6.07, 6.45) is 11.4. The second-order valence-corrected chi connectivity index (χ2v) is 6.62. The Labute approximate surface area is 116 Å². The zero-order valence-corrected chi connectivity index (χ0v) is 12.7. The third-order valence-corrected chi connectivity index (χ3v) is 4.14. The van der Waals surface area contributed by atoms with Gasteiger partial charge in [-0.3, -0.25) is 0 Å². The zero-order valence-electron chi connectivity index (χ0n) is 11.8.